The third-order valence-electron chi connectivity index (χ3n) is 6.09. The number of carbonyl (C=O) groups excluding carboxylic acids is 1. The molecule has 5 nitrogen and oxygen atoms in total. The zero-order valence-electron chi connectivity index (χ0n) is 16.8. The normalized spacial score (nSPS) is 16.1. The largest absolute Gasteiger partial charge is 0.381 e. The Morgan fingerprint density at radius 2 is 1.79 bits per heavy atom. The van der Waals surface area contributed by atoms with Crippen LogP contribution in [-0.2, 0) is 28.0 Å². The van der Waals surface area contributed by atoms with Gasteiger partial charge in [0.05, 0.1) is 0 Å². The summed E-state index contributed by atoms with van der Waals surface area (Å²) in [4.78, 5) is 11.2. The molecule has 0 aliphatic carbocycles. The van der Waals surface area contributed by atoms with Gasteiger partial charge in [-0.15, -0.1) is 0 Å². The van der Waals surface area contributed by atoms with Gasteiger partial charge in [-0.3, -0.25) is 4.79 Å². The van der Waals surface area contributed by atoms with Gasteiger partial charge in [0.2, 0.25) is 5.91 Å². The van der Waals surface area contributed by atoms with Gasteiger partial charge in [-0.05, 0) is 30.0 Å². The lowest BCUT2D eigenvalue weighted by molar-refractivity contribution is -0.118. The molecule has 5 heteroatoms. The molecule has 4 rings (SSSR count). The molecule has 0 unspecified atom stereocenters. The van der Waals surface area contributed by atoms with Crippen LogP contribution in [-0.4, -0.2) is 30.2 Å². The highest BCUT2D eigenvalue weighted by atomic mass is 16.5. The van der Waals surface area contributed by atoms with Gasteiger partial charge in [0.1, 0.15) is 0 Å². The molecule has 0 atom stereocenters. The first-order chi connectivity index (χ1) is 14.2. The summed E-state index contributed by atoms with van der Waals surface area (Å²) in [6, 6.07) is 19.1. The van der Waals surface area contributed by atoms with Crippen LogP contribution < -0.4 is 11.1 Å². The van der Waals surface area contributed by atoms with Crippen molar-refractivity contribution in [2.24, 2.45) is 5.73 Å². The lowest BCUT2D eigenvalue weighted by Crippen LogP contribution is -2.42. The lowest BCUT2D eigenvalue weighted by atomic mass is 9.74. The first-order valence-corrected chi connectivity index (χ1v) is 10.4. The van der Waals surface area contributed by atoms with Crippen molar-refractivity contribution in [1.29, 1.82) is 0 Å². The summed E-state index contributed by atoms with van der Waals surface area (Å²) in [7, 11) is 0. The van der Waals surface area contributed by atoms with Crippen LogP contribution in [0.3, 0.4) is 0 Å². The number of primary amides is 1. The number of benzene rings is 2. The van der Waals surface area contributed by atoms with E-state index in [1.807, 2.05) is 6.07 Å². The Balaban J connectivity index is 1.51. The average molecular weight is 392 g/mol. The predicted molar refractivity (Wildman–Crippen MR) is 116 cm³/mol. The Morgan fingerprint density at radius 3 is 2.55 bits per heavy atom. The molecule has 3 N–H and O–H groups in total. The van der Waals surface area contributed by atoms with Crippen LogP contribution in [0.4, 0.5) is 0 Å². The second-order valence-corrected chi connectivity index (χ2v) is 7.94. The number of nitrogens with zero attached hydrogens (tertiary/aromatic N) is 1. The van der Waals surface area contributed by atoms with E-state index in [1.165, 1.54) is 16.5 Å². The number of nitrogens with two attached hydrogens (primary N) is 1. The molecule has 1 amide bonds. The number of rotatable bonds is 8. The molecule has 2 aromatic carbocycles. The van der Waals surface area contributed by atoms with Crippen molar-refractivity contribution in [2.75, 3.05) is 19.8 Å². The fourth-order valence-electron chi connectivity index (χ4n) is 4.44. The summed E-state index contributed by atoms with van der Waals surface area (Å²) in [6.45, 7) is 3.94. The minimum absolute atomic E-state index is 0.115. The Bertz CT molecular complexity index is 959. The van der Waals surface area contributed by atoms with Gasteiger partial charge in [0.25, 0.3) is 0 Å². The van der Waals surface area contributed by atoms with E-state index in [4.69, 9.17) is 10.5 Å². The van der Waals surface area contributed by atoms with Crippen LogP contribution in [0.2, 0.25) is 0 Å². The van der Waals surface area contributed by atoms with E-state index in [1.54, 1.807) is 0 Å². The molecule has 1 aliphatic rings. The summed E-state index contributed by atoms with van der Waals surface area (Å²) in [6.07, 6.45) is 4.57. The summed E-state index contributed by atoms with van der Waals surface area (Å²) in [5.41, 5.74) is 9.25. The Kier molecular flexibility index (Phi) is 5.97. The topological polar surface area (TPSA) is 69.3 Å². The van der Waals surface area contributed by atoms with Crippen LogP contribution in [0.15, 0.2) is 60.8 Å². The highest BCUT2D eigenvalue weighted by Gasteiger charge is 2.33. The van der Waals surface area contributed by atoms with E-state index in [0.717, 1.165) is 44.7 Å². The average Bonchev–Trinajstić information content (AvgIpc) is 3.11. The van der Waals surface area contributed by atoms with Gasteiger partial charge in [-0.2, -0.15) is 0 Å². The van der Waals surface area contributed by atoms with Gasteiger partial charge in [-0.1, -0.05) is 48.5 Å². The van der Waals surface area contributed by atoms with E-state index in [0.29, 0.717) is 13.0 Å². The molecule has 152 valence electrons. The summed E-state index contributed by atoms with van der Waals surface area (Å²) < 4.78 is 7.79. The number of fused-ring (bicyclic) bond motifs is 1. The summed E-state index contributed by atoms with van der Waals surface area (Å²) in [5.74, 6) is -0.272. The van der Waals surface area contributed by atoms with Gasteiger partial charge >= 0.3 is 0 Å². The molecular formula is C24H29N3O2. The number of amides is 1. The Hall–Kier alpha value is -2.63. The third kappa shape index (κ3) is 4.36. The van der Waals surface area contributed by atoms with Crippen LogP contribution in [0.25, 0.3) is 10.9 Å². The van der Waals surface area contributed by atoms with E-state index >= 15 is 0 Å². The molecular weight excluding hydrogens is 362 g/mol. The number of hydrogen-bond acceptors (Lipinski definition) is 3. The highest BCUT2D eigenvalue weighted by molar-refractivity contribution is 5.84. The molecule has 0 saturated carbocycles. The molecule has 0 spiro atoms. The van der Waals surface area contributed by atoms with Crippen molar-refractivity contribution in [1.82, 2.24) is 9.88 Å². The van der Waals surface area contributed by atoms with E-state index in [2.05, 4.69) is 64.6 Å². The van der Waals surface area contributed by atoms with E-state index < -0.39 is 0 Å². The van der Waals surface area contributed by atoms with Crippen LogP contribution in [0, 0.1) is 0 Å². The number of aromatic nitrogens is 1. The number of ether oxygens (including phenoxy) is 1. The lowest BCUT2D eigenvalue weighted by Gasteiger charge is -2.38. The maximum Gasteiger partial charge on any atom is 0.219 e. The quantitative estimate of drug-likeness (QED) is 0.619. The minimum Gasteiger partial charge on any atom is -0.381 e. The molecule has 2 heterocycles. The van der Waals surface area contributed by atoms with E-state index in [9.17, 15) is 4.79 Å². The Labute approximate surface area is 171 Å². The first kappa shape index (κ1) is 19.7. The molecule has 0 radical (unpaired) electrons. The van der Waals surface area contributed by atoms with Crippen molar-refractivity contribution in [3.63, 3.8) is 0 Å². The van der Waals surface area contributed by atoms with Crippen LogP contribution >= 0.6 is 0 Å². The number of aryl methyl sites for hydroxylation is 1. The molecule has 1 fully saturated rings. The second-order valence-electron chi connectivity index (χ2n) is 7.94. The molecule has 1 saturated heterocycles. The summed E-state index contributed by atoms with van der Waals surface area (Å²) in [5, 5.41) is 4.95. The minimum atomic E-state index is -0.272. The van der Waals surface area contributed by atoms with Crippen molar-refractivity contribution >= 4 is 16.8 Å². The first-order valence-electron chi connectivity index (χ1n) is 10.4. The molecule has 29 heavy (non-hydrogen) atoms. The zero-order valence-corrected chi connectivity index (χ0v) is 16.8. The maximum atomic E-state index is 11.2. The van der Waals surface area contributed by atoms with Gasteiger partial charge < -0.3 is 20.4 Å². The summed E-state index contributed by atoms with van der Waals surface area (Å²) >= 11 is 0. The monoisotopic (exact) mass is 391 g/mol. The maximum absolute atomic E-state index is 11.2. The van der Waals surface area contributed by atoms with Crippen LogP contribution in [0.5, 0.6) is 0 Å². The molecule has 3 aromatic rings. The number of para-hydroxylation sites is 1. The fourth-order valence-corrected chi connectivity index (χ4v) is 4.44. The Morgan fingerprint density at radius 1 is 1.07 bits per heavy atom. The van der Waals surface area contributed by atoms with Crippen molar-refractivity contribution in [2.45, 2.75) is 37.8 Å². The third-order valence-corrected chi connectivity index (χ3v) is 6.09. The highest BCUT2D eigenvalue weighted by Crippen LogP contribution is 2.34. The van der Waals surface area contributed by atoms with E-state index in [-0.39, 0.29) is 11.3 Å². The number of nitrogens with one attached hydrogen (secondary N) is 1. The molecule has 1 aliphatic heterocycles. The fraction of sp³-hybridized carbons (Fsp3) is 0.375. The smallest absolute Gasteiger partial charge is 0.219 e. The standard InChI is InChI=1S/C24H29N3O2/c25-23(28)10-13-27-17-19(21-8-4-5-9-22(21)27)16-26-18-24(11-14-29-15-12-24)20-6-2-1-3-7-20/h1-9,17,26H,10-16,18H2,(H2,25,28). The van der Waals surface area contributed by atoms with Crippen molar-refractivity contribution in [3.05, 3.63) is 71.9 Å². The predicted octanol–water partition coefficient (Wildman–Crippen LogP) is 3.35. The van der Waals surface area contributed by atoms with Gasteiger partial charge in [-0.25, -0.2) is 0 Å². The number of hydrogen-bond donors (Lipinski definition) is 2. The van der Waals surface area contributed by atoms with Gasteiger partial charge in [0, 0.05) is 61.8 Å². The van der Waals surface area contributed by atoms with Crippen molar-refractivity contribution < 1.29 is 9.53 Å². The molecule has 0 bridgehead atoms. The second kappa shape index (κ2) is 8.80. The van der Waals surface area contributed by atoms with Crippen LogP contribution in [0.1, 0.15) is 30.4 Å². The van der Waals surface area contributed by atoms with Crippen molar-refractivity contribution in [3.8, 4) is 0 Å². The number of carbonyl (C=O) groups is 1. The SMILES string of the molecule is NC(=O)CCn1cc(CNCC2(c3ccccc3)CCOCC2)c2ccccc21. The van der Waals surface area contributed by atoms with Gasteiger partial charge in [0.15, 0.2) is 0 Å². The molecule has 1 aromatic heterocycles. The zero-order chi connectivity index (χ0) is 20.1.